The summed E-state index contributed by atoms with van der Waals surface area (Å²) < 4.78 is 39.4. The second-order valence-corrected chi connectivity index (χ2v) is 12.4. The van der Waals surface area contributed by atoms with E-state index < -0.39 is 22.7 Å². The van der Waals surface area contributed by atoms with Crippen LogP contribution in [-0.4, -0.2) is 63.6 Å². The predicted molar refractivity (Wildman–Crippen MR) is 180 cm³/mol. The first-order valence-corrected chi connectivity index (χ1v) is 16.2. The number of carbonyl (C=O) groups excluding carboxylic acids is 1. The molecule has 10 nitrogen and oxygen atoms in total. The van der Waals surface area contributed by atoms with Crippen molar-refractivity contribution < 1.29 is 38.0 Å². The van der Waals surface area contributed by atoms with E-state index in [0.29, 0.717) is 30.0 Å². The molecule has 0 radical (unpaired) electrons. The Labute approximate surface area is 270 Å². The second-order valence-electron chi connectivity index (χ2n) is 10.5. The van der Waals surface area contributed by atoms with Crippen LogP contribution in [0.4, 0.5) is 0 Å². The zero-order valence-electron chi connectivity index (χ0n) is 26.1. The van der Waals surface area contributed by atoms with Crippen LogP contribution in [-0.2, 0) is 25.4 Å². The first kappa shape index (κ1) is 34.5. The Morgan fingerprint density at radius 3 is 2.26 bits per heavy atom. The number of carboxylic acids is 1. The minimum Gasteiger partial charge on any atom is -0.496 e. The van der Waals surface area contributed by atoms with Crippen molar-refractivity contribution in [1.82, 2.24) is 3.97 Å². The smallest absolute Gasteiger partial charge is 0.303 e. The van der Waals surface area contributed by atoms with Crippen molar-refractivity contribution in [2.75, 3.05) is 27.4 Å². The Morgan fingerprint density at radius 2 is 1.65 bits per heavy atom. The summed E-state index contributed by atoms with van der Waals surface area (Å²) in [6.45, 7) is 3.22. The zero-order chi connectivity index (χ0) is 33.3. The average Bonchev–Trinajstić information content (AvgIpc) is 3.48. The van der Waals surface area contributed by atoms with Crippen LogP contribution in [0.15, 0.2) is 107 Å². The van der Waals surface area contributed by atoms with E-state index in [4.69, 9.17) is 25.1 Å². The van der Waals surface area contributed by atoms with E-state index in [9.17, 15) is 18.7 Å². The number of aryl methyl sites for hydroxylation is 1. The average molecular weight is 649 g/mol. The predicted octanol–water partition coefficient (Wildman–Crippen LogP) is 6.76. The number of allylic oxidation sites excluding steroid dienone is 1. The molecule has 5 rings (SSSR count). The topological polar surface area (TPSA) is 153 Å². The summed E-state index contributed by atoms with van der Waals surface area (Å²) >= 11 is 0. The lowest BCUT2D eigenvalue weighted by Gasteiger charge is -2.35. The summed E-state index contributed by atoms with van der Waals surface area (Å²) in [5, 5.41) is 9.52. The van der Waals surface area contributed by atoms with Crippen molar-refractivity contribution >= 4 is 39.1 Å². The molecule has 1 aliphatic carbocycles. The van der Waals surface area contributed by atoms with Crippen molar-refractivity contribution in [2.24, 2.45) is 5.73 Å². The number of para-hydroxylation sites is 1. The number of hydrogen-bond acceptors (Lipinski definition) is 7. The molecule has 0 spiro atoms. The molecule has 11 heteroatoms. The van der Waals surface area contributed by atoms with Gasteiger partial charge >= 0.3 is 5.97 Å². The first-order valence-electron chi connectivity index (χ1n) is 14.7. The monoisotopic (exact) mass is 648 g/mol. The fraction of sp³-hybridized carbons (Fsp3) is 0.257. The van der Waals surface area contributed by atoms with Gasteiger partial charge in [-0.15, -0.1) is 0 Å². The maximum atomic E-state index is 11.7. The van der Waals surface area contributed by atoms with Crippen molar-refractivity contribution in [2.45, 2.75) is 37.2 Å². The van der Waals surface area contributed by atoms with Gasteiger partial charge in [0.05, 0.1) is 30.2 Å². The second kappa shape index (κ2) is 15.7. The van der Waals surface area contributed by atoms with Gasteiger partial charge in [0.25, 0.3) is 5.91 Å². The highest BCUT2D eigenvalue weighted by Crippen LogP contribution is 2.52. The number of nitrogens with two attached hydrogens (primary N) is 1. The van der Waals surface area contributed by atoms with Gasteiger partial charge in [0.2, 0.25) is 0 Å². The lowest BCUT2D eigenvalue weighted by Crippen LogP contribution is -2.21. The third kappa shape index (κ3) is 8.06. The summed E-state index contributed by atoms with van der Waals surface area (Å²) in [6.07, 6.45) is 3.35. The largest absolute Gasteiger partial charge is 0.496 e. The molecule has 1 aliphatic rings. The molecule has 4 aromatic rings. The van der Waals surface area contributed by atoms with Crippen molar-refractivity contribution in [3.8, 4) is 0 Å². The maximum absolute atomic E-state index is 11.7. The fourth-order valence-electron chi connectivity index (χ4n) is 5.24. The Bertz CT molecular complexity index is 1710. The number of fused-ring (bicyclic) bond motifs is 1. The number of carbonyl (C=O) groups is 2. The molecule has 1 amide bonds. The molecular formula is C35H40N2O8S. The highest BCUT2D eigenvalue weighted by Gasteiger charge is 2.27. The third-order valence-electron chi connectivity index (χ3n) is 7.49. The zero-order valence-corrected chi connectivity index (χ0v) is 26.9. The third-order valence-corrected chi connectivity index (χ3v) is 9.30. The normalized spacial score (nSPS) is 15.2. The highest BCUT2D eigenvalue weighted by molar-refractivity contribution is 8.23. The van der Waals surface area contributed by atoms with Gasteiger partial charge in [0.1, 0.15) is 11.5 Å². The Kier molecular flexibility index (Phi) is 11.8. The van der Waals surface area contributed by atoms with Crippen LogP contribution in [0.25, 0.3) is 16.5 Å². The van der Waals surface area contributed by atoms with Crippen LogP contribution in [0.1, 0.15) is 41.4 Å². The number of nitrogens with zero attached hydrogens (tertiary/aromatic N) is 1. The minimum atomic E-state index is -3.38. The number of hydrogen-bond donors (Lipinski definition) is 4. The van der Waals surface area contributed by atoms with E-state index >= 15 is 0 Å². The summed E-state index contributed by atoms with van der Waals surface area (Å²) in [6, 6.07) is 25.0. The van der Waals surface area contributed by atoms with Crippen molar-refractivity contribution in [3.05, 3.63) is 119 Å². The molecule has 0 saturated heterocycles. The van der Waals surface area contributed by atoms with Crippen LogP contribution in [0, 0.1) is 0 Å². The van der Waals surface area contributed by atoms with Crippen LogP contribution in [0.2, 0.25) is 0 Å². The number of amides is 1. The number of ether oxygens (including phenoxy) is 3. The van der Waals surface area contributed by atoms with Gasteiger partial charge in [0, 0.05) is 37.5 Å². The Morgan fingerprint density at radius 1 is 0.978 bits per heavy atom. The summed E-state index contributed by atoms with van der Waals surface area (Å²) in [5.74, 6) is -0.708. The number of rotatable bonds is 12. The number of primary amides is 1. The maximum Gasteiger partial charge on any atom is 0.303 e. The molecule has 0 bridgehead atoms. The quantitative estimate of drug-likeness (QED) is 0.132. The number of carboxylic acid groups (broad SMARTS) is 1. The van der Waals surface area contributed by atoms with E-state index in [1.807, 2.05) is 43.3 Å². The molecule has 1 unspecified atom stereocenters. The van der Waals surface area contributed by atoms with Gasteiger partial charge in [-0.1, -0.05) is 71.4 Å². The molecule has 46 heavy (non-hydrogen) atoms. The number of methoxy groups -OCH3 is 2. The Hall–Kier alpha value is -4.39. The summed E-state index contributed by atoms with van der Waals surface area (Å²) in [4.78, 5) is 22.7. The number of aliphatic carboxylic acids is 1. The van der Waals surface area contributed by atoms with E-state index in [0.717, 1.165) is 39.8 Å². The van der Waals surface area contributed by atoms with Crippen LogP contribution >= 0.6 is 10.8 Å². The van der Waals surface area contributed by atoms with Crippen LogP contribution < -0.4 is 5.73 Å². The summed E-state index contributed by atoms with van der Waals surface area (Å²) in [7, 11) is -0.0287. The molecule has 0 saturated carbocycles. The highest BCUT2D eigenvalue weighted by atomic mass is 32.3. The van der Waals surface area contributed by atoms with E-state index in [-0.39, 0.29) is 18.2 Å². The molecule has 0 fully saturated rings. The fourth-order valence-corrected chi connectivity index (χ4v) is 6.83. The summed E-state index contributed by atoms with van der Waals surface area (Å²) in [5.41, 5.74) is 10.2. The van der Waals surface area contributed by atoms with Crippen LogP contribution in [0.5, 0.6) is 0 Å². The van der Waals surface area contributed by atoms with Crippen molar-refractivity contribution in [1.29, 1.82) is 0 Å². The van der Waals surface area contributed by atoms with Gasteiger partial charge in [-0.2, -0.15) is 0 Å². The lowest BCUT2D eigenvalue weighted by molar-refractivity contribution is -0.136. The van der Waals surface area contributed by atoms with E-state index in [1.165, 1.54) is 3.97 Å². The molecule has 3 aromatic carbocycles. The van der Waals surface area contributed by atoms with Crippen LogP contribution in [0.3, 0.4) is 0 Å². The number of aromatic nitrogens is 1. The standard InChI is InChI=1S/C20H26O5.C15H14N2O3S/c1-4-25-13-15-11-17(23-2)20(18(12-15)24-3)16-8-5-14(6-9-16)7-10-19(21)22;16-15(18)14-10-11-6-4-5-9-13(11)17(14)21(19,20)12-7-2-1-3-8-12/h5-6,8-9,11,18H,4,7,10,12-13H2,1-3H3,(H,21,22);1-10,19-20H,(H2,16,18). The molecule has 0 aliphatic heterocycles. The molecule has 244 valence electrons. The lowest BCUT2D eigenvalue weighted by atomic mass is 9.89. The molecule has 1 atom stereocenters. The van der Waals surface area contributed by atoms with Gasteiger partial charge in [0.15, 0.2) is 0 Å². The van der Waals surface area contributed by atoms with Gasteiger partial charge in [-0.25, -0.2) is 3.97 Å². The van der Waals surface area contributed by atoms with Gasteiger partial charge < -0.3 is 25.1 Å². The SMILES string of the molecule is CCOCC1=CC(OC)=C(c2ccc(CCC(=O)O)cc2)C(OC)C1.NC(=O)c1cc2ccccc2n1S(O)(O)c1ccccc1. The molecule has 1 aromatic heterocycles. The van der Waals surface area contributed by atoms with Gasteiger partial charge in [-0.3, -0.25) is 18.7 Å². The Balaban J connectivity index is 0.000000211. The molecule has 5 N–H and O–H groups in total. The van der Waals surface area contributed by atoms with Gasteiger partial charge in [-0.05, 0) is 60.4 Å². The molecular weight excluding hydrogens is 608 g/mol. The first-order chi connectivity index (χ1) is 22.1. The van der Waals surface area contributed by atoms with E-state index in [1.54, 1.807) is 68.8 Å². The van der Waals surface area contributed by atoms with Crippen molar-refractivity contribution in [3.63, 3.8) is 0 Å². The minimum absolute atomic E-state index is 0.0695. The number of benzene rings is 3. The van der Waals surface area contributed by atoms with E-state index in [2.05, 4.69) is 0 Å². The molecule has 1 heterocycles.